The fourth-order valence-electron chi connectivity index (χ4n) is 3.23. The normalized spacial score (nSPS) is 12.0. The SMILES string of the molecule is COCCCn1c(SC/C(O)=C(\C#N)c2nc3ccccc3s2)nnc1-c1ccccc1Cl. The van der Waals surface area contributed by atoms with Crippen LogP contribution in [0.15, 0.2) is 59.4 Å². The molecule has 10 heteroatoms. The lowest BCUT2D eigenvalue weighted by atomic mass is 10.2. The summed E-state index contributed by atoms with van der Waals surface area (Å²) >= 11 is 9.07. The zero-order chi connectivity index (χ0) is 23.2. The number of aromatic nitrogens is 4. The molecule has 0 aliphatic carbocycles. The van der Waals surface area contributed by atoms with E-state index in [-0.39, 0.29) is 17.1 Å². The maximum atomic E-state index is 10.7. The van der Waals surface area contributed by atoms with Crippen LogP contribution in [0.4, 0.5) is 0 Å². The third-order valence-electron chi connectivity index (χ3n) is 4.81. The summed E-state index contributed by atoms with van der Waals surface area (Å²) in [6.07, 6.45) is 0.760. The van der Waals surface area contributed by atoms with Gasteiger partial charge in [0.2, 0.25) is 0 Å². The maximum Gasteiger partial charge on any atom is 0.191 e. The second-order valence-corrected chi connectivity index (χ2v) is 9.37. The molecule has 33 heavy (non-hydrogen) atoms. The van der Waals surface area contributed by atoms with Crippen LogP contribution in [0, 0.1) is 11.3 Å². The third kappa shape index (κ3) is 5.20. The molecular formula is C23H20ClN5O2S2. The number of benzene rings is 2. The minimum atomic E-state index is -0.0488. The van der Waals surface area contributed by atoms with E-state index < -0.39 is 0 Å². The summed E-state index contributed by atoms with van der Waals surface area (Å²) in [5, 5.41) is 30.8. The zero-order valence-corrected chi connectivity index (χ0v) is 20.1. The van der Waals surface area contributed by atoms with Gasteiger partial charge in [-0.25, -0.2) is 4.98 Å². The Morgan fingerprint density at radius 1 is 1.21 bits per heavy atom. The lowest BCUT2D eigenvalue weighted by molar-refractivity contribution is 0.189. The van der Waals surface area contributed by atoms with E-state index in [0.717, 1.165) is 22.2 Å². The first-order valence-electron chi connectivity index (χ1n) is 10.1. The lowest BCUT2D eigenvalue weighted by Crippen LogP contribution is -2.06. The van der Waals surface area contributed by atoms with E-state index in [1.54, 1.807) is 7.11 Å². The predicted octanol–water partition coefficient (Wildman–Crippen LogP) is 5.83. The minimum absolute atomic E-state index is 0.0488. The Morgan fingerprint density at radius 3 is 2.76 bits per heavy atom. The first-order valence-corrected chi connectivity index (χ1v) is 12.3. The van der Waals surface area contributed by atoms with Crippen LogP contribution in [0.3, 0.4) is 0 Å². The molecule has 0 saturated carbocycles. The summed E-state index contributed by atoms with van der Waals surface area (Å²) in [6.45, 7) is 1.21. The van der Waals surface area contributed by atoms with Gasteiger partial charge in [-0.1, -0.05) is 47.6 Å². The van der Waals surface area contributed by atoms with Crippen molar-refractivity contribution in [2.24, 2.45) is 0 Å². The number of rotatable bonds is 9. The molecule has 0 amide bonds. The van der Waals surface area contributed by atoms with Crippen LogP contribution in [0.5, 0.6) is 0 Å². The van der Waals surface area contributed by atoms with Gasteiger partial charge in [0.05, 0.1) is 21.0 Å². The molecule has 1 N–H and O–H groups in total. The fourth-order valence-corrected chi connectivity index (χ4v) is 5.27. The molecule has 0 spiro atoms. The predicted molar refractivity (Wildman–Crippen MR) is 132 cm³/mol. The number of thioether (sulfide) groups is 1. The highest BCUT2D eigenvalue weighted by Gasteiger charge is 2.19. The van der Waals surface area contributed by atoms with Gasteiger partial charge in [-0.15, -0.1) is 21.5 Å². The van der Waals surface area contributed by atoms with Gasteiger partial charge < -0.3 is 14.4 Å². The van der Waals surface area contributed by atoms with Gasteiger partial charge in [-0.3, -0.25) is 0 Å². The number of aliphatic hydroxyl groups is 1. The van der Waals surface area contributed by atoms with Gasteiger partial charge in [0.15, 0.2) is 11.0 Å². The van der Waals surface area contributed by atoms with E-state index in [4.69, 9.17) is 16.3 Å². The minimum Gasteiger partial charge on any atom is -0.510 e. The first-order chi connectivity index (χ1) is 16.1. The average molecular weight is 498 g/mol. The van der Waals surface area contributed by atoms with E-state index >= 15 is 0 Å². The van der Waals surface area contributed by atoms with Gasteiger partial charge in [0.1, 0.15) is 22.4 Å². The summed E-state index contributed by atoms with van der Waals surface area (Å²) < 4.78 is 8.11. The second kappa shape index (κ2) is 10.8. The smallest absolute Gasteiger partial charge is 0.191 e. The number of thiazole rings is 1. The molecule has 0 radical (unpaired) electrons. The molecule has 0 atom stereocenters. The van der Waals surface area contributed by atoms with Crippen LogP contribution in [0.25, 0.3) is 27.2 Å². The Balaban J connectivity index is 1.61. The topological polar surface area (TPSA) is 96.8 Å². The van der Waals surface area contributed by atoms with E-state index in [2.05, 4.69) is 21.3 Å². The Hall–Kier alpha value is -2.90. The molecule has 0 aliphatic rings. The van der Waals surface area contributed by atoms with Crippen molar-refractivity contribution in [3.63, 3.8) is 0 Å². The molecule has 0 fully saturated rings. The van der Waals surface area contributed by atoms with Gasteiger partial charge in [0, 0.05) is 25.8 Å². The van der Waals surface area contributed by atoms with Gasteiger partial charge in [0.25, 0.3) is 0 Å². The zero-order valence-electron chi connectivity index (χ0n) is 17.7. The number of methoxy groups -OCH3 is 1. The molecule has 2 heterocycles. The number of nitrogens with zero attached hydrogens (tertiary/aromatic N) is 5. The third-order valence-corrected chi connectivity index (χ3v) is 7.17. The molecular weight excluding hydrogens is 478 g/mol. The Labute approximate surface area is 204 Å². The number of hydrogen-bond acceptors (Lipinski definition) is 8. The molecule has 2 aromatic heterocycles. The highest BCUT2D eigenvalue weighted by Crippen LogP contribution is 2.32. The fraction of sp³-hybridized carbons (Fsp3) is 0.217. The van der Waals surface area contributed by atoms with Crippen LogP contribution in [0.2, 0.25) is 5.02 Å². The van der Waals surface area contributed by atoms with Crippen molar-refractivity contribution in [1.82, 2.24) is 19.7 Å². The highest BCUT2D eigenvalue weighted by molar-refractivity contribution is 7.99. The molecule has 0 aliphatic heterocycles. The Bertz CT molecular complexity index is 1310. The number of hydrogen-bond donors (Lipinski definition) is 1. The van der Waals surface area contributed by atoms with E-state index in [0.29, 0.717) is 34.2 Å². The van der Waals surface area contributed by atoms with Crippen molar-refractivity contribution in [2.75, 3.05) is 19.5 Å². The van der Waals surface area contributed by atoms with E-state index in [9.17, 15) is 10.4 Å². The van der Waals surface area contributed by atoms with Crippen molar-refractivity contribution < 1.29 is 9.84 Å². The molecule has 7 nitrogen and oxygen atoms in total. The van der Waals surface area contributed by atoms with Crippen LogP contribution in [-0.4, -0.2) is 44.3 Å². The number of aliphatic hydroxyl groups excluding tert-OH is 1. The number of para-hydroxylation sites is 1. The largest absolute Gasteiger partial charge is 0.510 e. The van der Waals surface area contributed by atoms with Crippen LogP contribution in [0.1, 0.15) is 11.4 Å². The molecule has 168 valence electrons. The highest BCUT2D eigenvalue weighted by atomic mass is 35.5. The molecule has 2 aromatic carbocycles. The summed E-state index contributed by atoms with van der Waals surface area (Å²) in [5.74, 6) is 0.755. The van der Waals surface area contributed by atoms with Gasteiger partial charge in [-0.05, 0) is 30.7 Å². The van der Waals surface area contributed by atoms with E-state index in [1.807, 2.05) is 53.1 Å². The number of ether oxygens (including phenoxy) is 1. The molecule has 0 unspecified atom stereocenters. The standard InChI is InChI=1S/C23H20ClN5O2S2/c1-31-12-6-11-29-21(15-7-2-3-8-17(15)24)27-28-23(29)32-14-19(30)16(13-25)22-26-18-9-4-5-10-20(18)33-22/h2-5,7-10,30H,6,11-12,14H2,1H3/b19-16-. The number of fused-ring (bicyclic) bond motifs is 1. The Morgan fingerprint density at radius 2 is 2.00 bits per heavy atom. The monoisotopic (exact) mass is 497 g/mol. The van der Waals surface area contributed by atoms with Crippen LogP contribution in [-0.2, 0) is 11.3 Å². The molecule has 4 rings (SSSR count). The quantitative estimate of drug-likeness (QED) is 0.134. The van der Waals surface area contributed by atoms with Gasteiger partial charge in [-0.2, -0.15) is 5.26 Å². The van der Waals surface area contributed by atoms with Crippen molar-refractivity contribution >= 4 is 50.5 Å². The van der Waals surface area contributed by atoms with Crippen molar-refractivity contribution in [1.29, 1.82) is 5.26 Å². The molecule has 4 aromatic rings. The molecule has 0 bridgehead atoms. The van der Waals surface area contributed by atoms with Crippen molar-refractivity contribution in [2.45, 2.75) is 18.1 Å². The maximum absolute atomic E-state index is 10.7. The summed E-state index contributed by atoms with van der Waals surface area (Å²) in [7, 11) is 1.66. The summed E-state index contributed by atoms with van der Waals surface area (Å²) in [5.41, 5.74) is 1.75. The van der Waals surface area contributed by atoms with Gasteiger partial charge >= 0.3 is 0 Å². The van der Waals surface area contributed by atoms with Crippen molar-refractivity contribution in [3.05, 3.63) is 64.3 Å². The summed E-state index contributed by atoms with van der Waals surface area (Å²) in [6, 6.07) is 17.2. The number of nitriles is 1. The van der Waals surface area contributed by atoms with Crippen LogP contribution < -0.4 is 0 Å². The number of allylic oxidation sites excluding steroid dienone is 1. The number of halogens is 1. The Kier molecular flexibility index (Phi) is 7.62. The summed E-state index contributed by atoms with van der Waals surface area (Å²) in [4.78, 5) is 4.49. The van der Waals surface area contributed by atoms with Crippen LogP contribution >= 0.6 is 34.7 Å². The average Bonchev–Trinajstić information content (AvgIpc) is 3.43. The second-order valence-electron chi connectivity index (χ2n) is 6.99. The van der Waals surface area contributed by atoms with Crippen molar-refractivity contribution in [3.8, 4) is 17.5 Å². The first kappa shape index (κ1) is 23.3. The van der Waals surface area contributed by atoms with E-state index in [1.165, 1.54) is 23.1 Å². The lowest BCUT2D eigenvalue weighted by Gasteiger charge is -2.11. The molecule has 0 saturated heterocycles.